The lowest BCUT2D eigenvalue weighted by molar-refractivity contribution is -0.123. The average molecular weight is 358 g/mol. The largest absolute Gasteiger partial charge is 0.483 e. The summed E-state index contributed by atoms with van der Waals surface area (Å²) in [6, 6.07) is 3.21. The lowest BCUT2D eigenvalue weighted by Gasteiger charge is -2.13. The Morgan fingerprint density at radius 2 is 2.05 bits per heavy atom. The highest BCUT2D eigenvalue weighted by atomic mass is 79.9. The molecule has 1 amide bonds. The Morgan fingerprint density at radius 1 is 1.38 bits per heavy atom. The van der Waals surface area contributed by atoms with E-state index in [1.165, 1.54) is 6.07 Å². The van der Waals surface area contributed by atoms with Crippen LogP contribution in [0.1, 0.15) is 36.2 Å². The first-order chi connectivity index (χ1) is 9.81. The number of halogens is 1. The quantitative estimate of drug-likeness (QED) is 0.786. The van der Waals surface area contributed by atoms with E-state index >= 15 is 0 Å². The smallest absolute Gasteiger partial charge is 0.339 e. The summed E-state index contributed by atoms with van der Waals surface area (Å²) in [6.07, 6.45) is 0.892. The minimum atomic E-state index is -1.09. The summed E-state index contributed by atoms with van der Waals surface area (Å²) >= 11 is 3.25. The van der Waals surface area contributed by atoms with Gasteiger partial charge in [0.15, 0.2) is 6.61 Å². The van der Waals surface area contributed by atoms with Gasteiger partial charge in [0.25, 0.3) is 5.91 Å². The number of aryl methyl sites for hydroxylation is 1. The third kappa shape index (κ3) is 5.75. The second-order valence-corrected chi connectivity index (χ2v) is 6.14. The maximum absolute atomic E-state index is 11.7. The SMILES string of the molecule is Cc1cc(Br)cc(C(=O)O)c1OCC(=O)NCCC(C)C. The molecule has 0 aliphatic carbocycles. The van der Waals surface area contributed by atoms with Gasteiger partial charge in [-0.15, -0.1) is 0 Å². The van der Waals surface area contributed by atoms with Crippen molar-refractivity contribution in [2.24, 2.45) is 5.92 Å². The van der Waals surface area contributed by atoms with Crippen LogP contribution in [0.5, 0.6) is 5.75 Å². The zero-order chi connectivity index (χ0) is 16.0. The zero-order valence-electron chi connectivity index (χ0n) is 12.4. The van der Waals surface area contributed by atoms with Gasteiger partial charge < -0.3 is 15.2 Å². The molecule has 0 atom stereocenters. The molecular formula is C15H20BrNO4. The van der Waals surface area contributed by atoms with E-state index in [-0.39, 0.29) is 23.8 Å². The molecule has 0 aliphatic heterocycles. The molecular weight excluding hydrogens is 338 g/mol. The van der Waals surface area contributed by atoms with Crippen LogP contribution in [0.25, 0.3) is 0 Å². The maximum Gasteiger partial charge on any atom is 0.339 e. The van der Waals surface area contributed by atoms with Gasteiger partial charge in [-0.2, -0.15) is 0 Å². The Hall–Kier alpha value is -1.56. The standard InChI is InChI=1S/C15H20BrNO4/c1-9(2)4-5-17-13(18)8-21-14-10(3)6-11(16)7-12(14)15(19)20/h6-7,9H,4-5,8H2,1-3H3,(H,17,18)(H,19,20). The molecule has 0 heterocycles. The number of carbonyl (C=O) groups is 2. The number of hydrogen-bond donors (Lipinski definition) is 2. The first-order valence-corrected chi connectivity index (χ1v) is 7.53. The number of carbonyl (C=O) groups excluding carboxylic acids is 1. The van der Waals surface area contributed by atoms with Crippen molar-refractivity contribution in [2.75, 3.05) is 13.2 Å². The van der Waals surface area contributed by atoms with Crippen LogP contribution in [0.15, 0.2) is 16.6 Å². The second kappa shape index (κ2) is 8.02. The Balaban J connectivity index is 2.67. The number of carboxylic acid groups (broad SMARTS) is 1. The van der Waals surface area contributed by atoms with Gasteiger partial charge >= 0.3 is 5.97 Å². The van der Waals surface area contributed by atoms with E-state index in [2.05, 4.69) is 35.1 Å². The third-order valence-electron chi connectivity index (χ3n) is 2.86. The molecule has 0 spiro atoms. The lowest BCUT2D eigenvalue weighted by Crippen LogP contribution is -2.30. The molecule has 0 unspecified atom stereocenters. The van der Waals surface area contributed by atoms with Crippen LogP contribution in [-0.4, -0.2) is 30.1 Å². The van der Waals surface area contributed by atoms with E-state index in [4.69, 9.17) is 4.74 Å². The van der Waals surface area contributed by atoms with E-state index in [0.29, 0.717) is 22.5 Å². The first kappa shape index (κ1) is 17.5. The molecule has 1 aromatic carbocycles. The molecule has 0 fully saturated rings. The normalized spacial score (nSPS) is 10.5. The fourth-order valence-corrected chi connectivity index (χ4v) is 2.34. The highest BCUT2D eigenvalue weighted by Gasteiger charge is 2.16. The molecule has 21 heavy (non-hydrogen) atoms. The number of ether oxygens (including phenoxy) is 1. The van der Waals surface area contributed by atoms with Gasteiger partial charge in [0.05, 0.1) is 0 Å². The number of hydrogen-bond acceptors (Lipinski definition) is 3. The summed E-state index contributed by atoms with van der Waals surface area (Å²) in [5.74, 6) is -0.604. The van der Waals surface area contributed by atoms with E-state index in [9.17, 15) is 14.7 Å². The van der Waals surface area contributed by atoms with E-state index in [1.54, 1.807) is 13.0 Å². The van der Waals surface area contributed by atoms with Crippen LogP contribution in [0, 0.1) is 12.8 Å². The van der Waals surface area contributed by atoms with Gasteiger partial charge in [0, 0.05) is 11.0 Å². The highest BCUT2D eigenvalue weighted by molar-refractivity contribution is 9.10. The van der Waals surface area contributed by atoms with Crippen LogP contribution in [0.4, 0.5) is 0 Å². The van der Waals surface area contributed by atoms with Crippen LogP contribution in [-0.2, 0) is 4.79 Å². The number of amides is 1. The summed E-state index contributed by atoms with van der Waals surface area (Å²) in [7, 11) is 0. The Bertz CT molecular complexity index is 529. The van der Waals surface area contributed by atoms with Crippen molar-refractivity contribution in [1.29, 1.82) is 0 Å². The van der Waals surface area contributed by atoms with Crippen molar-refractivity contribution in [3.63, 3.8) is 0 Å². The predicted octanol–water partition coefficient (Wildman–Crippen LogP) is 3.00. The molecule has 0 bridgehead atoms. The summed E-state index contributed by atoms with van der Waals surface area (Å²) in [4.78, 5) is 22.9. The number of rotatable bonds is 7. The second-order valence-electron chi connectivity index (χ2n) is 5.23. The van der Waals surface area contributed by atoms with Crippen molar-refractivity contribution in [1.82, 2.24) is 5.32 Å². The molecule has 116 valence electrons. The average Bonchev–Trinajstić information content (AvgIpc) is 2.36. The van der Waals surface area contributed by atoms with Crippen molar-refractivity contribution in [2.45, 2.75) is 27.2 Å². The molecule has 1 rings (SSSR count). The molecule has 5 nitrogen and oxygen atoms in total. The van der Waals surface area contributed by atoms with Crippen LogP contribution in [0.3, 0.4) is 0 Å². The van der Waals surface area contributed by atoms with E-state index < -0.39 is 5.97 Å². The van der Waals surface area contributed by atoms with E-state index in [0.717, 1.165) is 6.42 Å². The fourth-order valence-electron chi connectivity index (χ4n) is 1.77. The van der Waals surface area contributed by atoms with Crippen molar-refractivity contribution in [3.8, 4) is 5.75 Å². The molecule has 6 heteroatoms. The Kier molecular flexibility index (Phi) is 6.68. The first-order valence-electron chi connectivity index (χ1n) is 6.74. The Labute approximate surface area is 132 Å². The maximum atomic E-state index is 11.7. The number of benzene rings is 1. The monoisotopic (exact) mass is 357 g/mol. The van der Waals surface area contributed by atoms with Gasteiger partial charge in [0.1, 0.15) is 11.3 Å². The van der Waals surface area contributed by atoms with Gasteiger partial charge in [0.2, 0.25) is 0 Å². The summed E-state index contributed by atoms with van der Waals surface area (Å²) in [5.41, 5.74) is 0.702. The minimum Gasteiger partial charge on any atom is -0.483 e. The molecule has 0 aliphatic rings. The van der Waals surface area contributed by atoms with Crippen molar-refractivity contribution < 1.29 is 19.4 Å². The van der Waals surface area contributed by atoms with Gasteiger partial charge in [-0.25, -0.2) is 4.79 Å². The highest BCUT2D eigenvalue weighted by Crippen LogP contribution is 2.28. The lowest BCUT2D eigenvalue weighted by atomic mass is 10.1. The topological polar surface area (TPSA) is 75.6 Å². The van der Waals surface area contributed by atoms with Crippen LogP contribution in [0.2, 0.25) is 0 Å². The fraction of sp³-hybridized carbons (Fsp3) is 0.467. The van der Waals surface area contributed by atoms with Gasteiger partial charge in [-0.1, -0.05) is 29.8 Å². The van der Waals surface area contributed by atoms with Crippen molar-refractivity contribution >= 4 is 27.8 Å². The number of aromatic carboxylic acids is 1. The molecule has 2 N–H and O–H groups in total. The molecule has 1 aromatic rings. The molecule has 0 saturated carbocycles. The third-order valence-corrected chi connectivity index (χ3v) is 3.32. The zero-order valence-corrected chi connectivity index (χ0v) is 14.0. The number of nitrogens with one attached hydrogen (secondary N) is 1. The van der Waals surface area contributed by atoms with Crippen LogP contribution >= 0.6 is 15.9 Å². The van der Waals surface area contributed by atoms with Crippen molar-refractivity contribution in [3.05, 3.63) is 27.7 Å². The molecule has 0 radical (unpaired) electrons. The Morgan fingerprint density at radius 3 is 2.62 bits per heavy atom. The summed E-state index contributed by atoms with van der Waals surface area (Å²) in [5, 5.41) is 11.9. The summed E-state index contributed by atoms with van der Waals surface area (Å²) < 4.78 is 6.05. The van der Waals surface area contributed by atoms with E-state index in [1.807, 2.05) is 0 Å². The number of carboxylic acids is 1. The summed E-state index contributed by atoms with van der Waals surface area (Å²) in [6.45, 7) is 6.29. The van der Waals surface area contributed by atoms with Gasteiger partial charge in [-0.05, 0) is 37.0 Å². The predicted molar refractivity (Wildman–Crippen MR) is 83.8 cm³/mol. The van der Waals surface area contributed by atoms with Crippen LogP contribution < -0.4 is 10.1 Å². The molecule has 0 saturated heterocycles. The minimum absolute atomic E-state index is 0.0388. The van der Waals surface area contributed by atoms with Gasteiger partial charge in [-0.3, -0.25) is 4.79 Å². The molecule has 0 aromatic heterocycles.